The highest BCUT2D eigenvalue weighted by molar-refractivity contribution is 5.95. The second kappa shape index (κ2) is 11.7. The van der Waals surface area contributed by atoms with Crippen LogP contribution in [0.25, 0.3) is 0 Å². The van der Waals surface area contributed by atoms with Crippen molar-refractivity contribution in [3.05, 3.63) is 83.5 Å². The minimum absolute atomic E-state index is 0.0296. The molecule has 13 heteroatoms. The van der Waals surface area contributed by atoms with Crippen molar-refractivity contribution in [3.8, 4) is 11.5 Å². The van der Waals surface area contributed by atoms with E-state index in [1.165, 1.54) is 26.4 Å². The van der Waals surface area contributed by atoms with E-state index in [0.717, 1.165) is 29.9 Å². The number of nitrogens with two attached hydrogens (primary N) is 1. The van der Waals surface area contributed by atoms with Gasteiger partial charge >= 0.3 is 35.5 Å². The van der Waals surface area contributed by atoms with Crippen LogP contribution in [-0.2, 0) is 61.0 Å². The molecule has 0 amide bonds. The van der Waals surface area contributed by atoms with Gasteiger partial charge in [-0.3, -0.25) is 9.64 Å². The molecule has 2 unspecified atom stereocenters. The zero-order valence-corrected chi connectivity index (χ0v) is 24.7. The van der Waals surface area contributed by atoms with Crippen LogP contribution in [0.4, 0.5) is 0 Å². The van der Waals surface area contributed by atoms with Crippen molar-refractivity contribution in [2.45, 2.75) is 36.7 Å². The number of fused-ring (bicyclic) bond motifs is 6. The van der Waals surface area contributed by atoms with Gasteiger partial charge in [0, 0.05) is 42.3 Å². The van der Waals surface area contributed by atoms with Crippen molar-refractivity contribution in [1.82, 2.24) is 4.90 Å². The Bertz CT molecular complexity index is 1560. The van der Waals surface area contributed by atoms with Gasteiger partial charge in [0.25, 0.3) is 5.79 Å². The van der Waals surface area contributed by atoms with Gasteiger partial charge in [-0.05, 0) is 43.6 Å². The summed E-state index contributed by atoms with van der Waals surface area (Å²) in [6, 6.07) is 12.9. The summed E-state index contributed by atoms with van der Waals surface area (Å²) in [6.45, 7) is 1.16. The van der Waals surface area contributed by atoms with Gasteiger partial charge in [0.15, 0.2) is 11.5 Å². The Morgan fingerprint density at radius 3 is 1.98 bits per heavy atom. The molecule has 0 saturated carbocycles. The van der Waals surface area contributed by atoms with Crippen LogP contribution in [0.1, 0.15) is 29.5 Å². The SMILES string of the molecule is COc1ccc2c(c1OC)C1(OC(=O)C=CC(=O)O1)C1(C3CCN(Cc4ccccc4)CC3)OC(=O)/C=C/C(=O)OC2(CN)O1. The molecule has 6 rings (SSSR count). The minimum atomic E-state index is -2.61. The first-order valence-corrected chi connectivity index (χ1v) is 14.4. The molecule has 4 aliphatic rings. The van der Waals surface area contributed by atoms with Crippen molar-refractivity contribution >= 4 is 23.9 Å². The van der Waals surface area contributed by atoms with Crippen LogP contribution in [0.3, 0.4) is 0 Å². The van der Waals surface area contributed by atoms with Crippen LogP contribution >= 0.6 is 0 Å². The highest BCUT2D eigenvalue weighted by Gasteiger charge is 2.76. The fraction of sp³-hybridized carbons (Fsp3) is 0.375. The van der Waals surface area contributed by atoms with Crippen molar-refractivity contribution in [3.63, 3.8) is 0 Å². The first-order valence-electron chi connectivity index (χ1n) is 14.4. The molecule has 0 radical (unpaired) electrons. The Balaban J connectivity index is 1.59. The van der Waals surface area contributed by atoms with Gasteiger partial charge < -0.3 is 34.2 Å². The lowest BCUT2D eigenvalue weighted by molar-refractivity contribution is -0.460. The number of methoxy groups -OCH3 is 2. The summed E-state index contributed by atoms with van der Waals surface area (Å²) < 4.78 is 42.0. The molecule has 2 N–H and O–H groups in total. The van der Waals surface area contributed by atoms with E-state index in [4.69, 9.17) is 38.9 Å². The number of carbonyl (C=O) groups is 4. The van der Waals surface area contributed by atoms with E-state index in [1.807, 2.05) is 30.3 Å². The first-order chi connectivity index (χ1) is 21.7. The van der Waals surface area contributed by atoms with Crippen LogP contribution < -0.4 is 15.2 Å². The molecule has 1 fully saturated rings. The largest absolute Gasteiger partial charge is 0.493 e. The summed E-state index contributed by atoms with van der Waals surface area (Å²) in [5, 5.41) is 0. The Hall–Kier alpha value is -4.72. The number of rotatable bonds is 6. The van der Waals surface area contributed by atoms with Crippen molar-refractivity contribution in [1.29, 1.82) is 0 Å². The molecule has 4 aliphatic heterocycles. The Labute approximate surface area is 258 Å². The number of hydrogen-bond acceptors (Lipinski definition) is 13. The van der Waals surface area contributed by atoms with E-state index >= 15 is 0 Å². The summed E-state index contributed by atoms with van der Waals surface area (Å²) in [6.07, 6.45) is 4.13. The topological polar surface area (TPSA) is 162 Å². The maximum atomic E-state index is 13.5. The lowest BCUT2D eigenvalue weighted by atomic mass is 9.74. The molecular weight excluding hydrogens is 588 g/mol. The van der Waals surface area contributed by atoms with E-state index in [2.05, 4.69) is 4.90 Å². The average molecular weight is 621 g/mol. The molecule has 1 saturated heterocycles. The van der Waals surface area contributed by atoms with Crippen molar-refractivity contribution < 1.29 is 52.3 Å². The van der Waals surface area contributed by atoms with Crippen molar-refractivity contribution in [2.75, 3.05) is 33.9 Å². The van der Waals surface area contributed by atoms with Gasteiger partial charge in [-0.2, -0.15) is 0 Å². The standard InChI is InChI=1S/C32H32N2O11/c1-39-23-9-8-22-28(29(23)40-2)32(43-26(37)12-13-27(38)44-32)31(42-25(36)11-10-24(35)41-30(22,19-33)45-31)21-14-16-34(17-15-21)18-20-6-4-3-5-7-20/h3-13,21H,14-19,33H2,1-2H3/b11-10+. The molecule has 2 aromatic rings. The van der Waals surface area contributed by atoms with Crippen LogP contribution in [0, 0.1) is 5.92 Å². The van der Waals surface area contributed by atoms with E-state index in [0.29, 0.717) is 32.5 Å². The molecule has 0 aliphatic carbocycles. The molecule has 2 aromatic carbocycles. The fourth-order valence-corrected chi connectivity index (χ4v) is 6.49. The van der Waals surface area contributed by atoms with Crippen LogP contribution in [0.15, 0.2) is 66.8 Å². The van der Waals surface area contributed by atoms with Crippen LogP contribution in [-0.4, -0.2) is 68.4 Å². The number of nitrogens with zero attached hydrogens (tertiary/aromatic N) is 1. The van der Waals surface area contributed by atoms with Crippen LogP contribution in [0.2, 0.25) is 0 Å². The van der Waals surface area contributed by atoms with Gasteiger partial charge in [-0.25, -0.2) is 19.2 Å². The molecule has 2 bridgehead atoms. The molecule has 0 aromatic heterocycles. The highest BCUT2D eigenvalue weighted by atomic mass is 16.9. The van der Waals surface area contributed by atoms with E-state index in [-0.39, 0.29) is 22.6 Å². The predicted octanol–water partition coefficient (Wildman–Crippen LogP) is 1.92. The fourth-order valence-electron chi connectivity index (χ4n) is 6.49. The number of hydrogen-bond donors (Lipinski definition) is 1. The minimum Gasteiger partial charge on any atom is -0.493 e. The summed E-state index contributed by atoms with van der Waals surface area (Å²) in [5.41, 5.74) is 7.33. The summed E-state index contributed by atoms with van der Waals surface area (Å²) in [4.78, 5) is 55.2. The predicted molar refractivity (Wildman–Crippen MR) is 153 cm³/mol. The number of ether oxygens (including phenoxy) is 7. The summed E-state index contributed by atoms with van der Waals surface area (Å²) >= 11 is 0. The van der Waals surface area contributed by atoms with Gasteiger partial charge in [-0.1, -0.05) is 30.3 Å². The van der Waals surface area contributed by atoms with Crippen LogP contribution in [0.5, 0.6) is 11.5 Å². The molecular formula is C32H32N2O11. The average Bonchev–Trinajstić information content (AvgIpc) is 3.17. The third kappa shape index (κ3) is 5.02. The Morgan fingerprint density at radius 1 is 0.800 bits per heavy atom. The Morgan fingerprint density at radius 2 is 1.40 bits per heavy atom. The number of esters is 4. The van der Waals surface area contributed by atoms with E-state index in [9.17, 15) is 19.2 Å². The lowest BCUT2D eigenvalue weighted by Gasteiger charge is -2.57. The number of likely N-dealkylation sites (tertiary alicyclic amines) is 1. The number of carbonyl (C=O) groups excluding carboxylic acids is 4. The maximum absolute atomic E-state index is 13.5. The molecule has 236 valence electrons. The molecule has 13 nitrogen and oxygen atoms in total. The molecule has 2 atom stereocenters. The zero-order chi connectivity index (χ0) is 31.8. The monoisotopic (exact) mass is 620 g/mol. The van der Waals surface area contributed by atoms with Gasteiger partial charge in [-0.15, -0.1) is 0 Å². The molecule has 4 heterocycles. The maximum Gasteiger partial charge on any atom is 0.355 e. The van der Waals surface area contributed by atoms with Crippen molar-refractivity contribution in [2.24, 2.45) is 11.7 Å². The van der Waals surface area contributed by atoms with E-state index < -0.39 is 53.7 Å². The third-order valence-corrected chi connectivity index (χ3v) is 8.42. The van der Waals surface area contributed by atoms with Gasteiger partial charge in [0.1, 0.15) is 0 Å². The Kier molecular flexibility index (Phi) is 7.85. The number of piperidine rings is 1. The third-order valence-electron chi connectivity index (χ3n) is 8.42. The lowest BCUT2D eigenvalue weighted by Crippen LogP contribution is -2.71. The smallest absolute Gasteiger partial charge is 0.355 e. The van der Waals surface area contributed by atoms with Gasteiger partial charge in [0.05, 0.1) is 26.3 Å². The summed E-state index contributed by atoms with van der Waals surface area (Å²) in [5.74, 6) is -11.9. The van der Waals surface area contributed by atoms with Gasteiger partial charge in [0.2, 0.25) is 0 Å². The highest BCUT2D eigenvalue weighted by Crippen LogP contribution is 2.61. The number of benzene rings is 2. The first kappa shape index (κ1) is 30.3. The molecule has 45 heavy (non-hydrogen) atoms. The summed E-state index contributed by atoms with van der Waals surface area (Å²) in [7, 11) is 2.71. The quantitative estimate of drug-likeness (QED) is 0.369. The zero-order valence-electron chi connectivity index (χ0n) is 24.7. The van der Waals surface area contributed by atoms with E-state index in [1.54, 1.807) is 0 Å². The molecule has 1 spiro atoms. The second-order valence-corrected chi connectivity index (χ2v) is 11.0. The second-order valence-electron chi connectivity index (χ2n) is 11.0. The normalized spacial score (nSPS) is 27.0.